The maximum Gasteiger partial charge on any atom is 0.305 e. The summed E-state index contributed by atoms with van der Waals surface area (Å²) in [6.07, 6.45) is 8.14. The number of morpholine rings is 1. The number of ether oxygens (including phenoxy) is 3. The first-order chi connectivity index (χ1) is 11.7. The standard InChI is InChI=1S/C19H35NO4/c1-4-6-10-17(3)24-16-18-15-20(13-14-23-18)12-9-7-8-11-19(21)22-5-2/h10,18H,4-9,11-16H2,1-3H3/b17-10-. The highest BCUT2D eigenvalue weighted by Gasteiger charge is 2.20. The van der Waals surface area contributed by atoms with E-state index in [2.05, 4.69) is 17.9 Å². The van der Waals surface area contributed by atoms with Crippen LogP contribution in [0.15, 0.2) is 11.8 Å². The van der Waals surface area contributed by atoms with Crippen LogP contribution in [0.3, 0.4) is 0 Å². The van der Waals surface area contributed by atoms with E-state index < -0.39 is 0 Å². The molecule has 0 spiro atoms. The van der Waals surface area contributed by atoms with Crippen LogP contribution in [0, 0.1) is 0 Å². The van der Waals surface area contributed by atoms with E-state index in [1.807, 2.05) is 13.8 Å². The lowest BCUT2D eigenvalue weighted by Crippen LogP contribution is -2.44. The third kappa shape index (κ3) is 9.93. The highest BCUT2D eigenvalue weighted by Crippen LogP contribution is 2.10. The average molecular weight is 341 g/mol. The minimum absolute atomic E-state index is 0.0763. The van der Waals surface area contributed by atoms with Crippen LogP contribution in [0.2, 0.25) is 0 Å². The molecule has 0 saturated carbocycles. The molecular formula is C19H35NO4. The summed E-state index contributed by atoms with van der Waals surface area (Å²) in [4.78, 5) is 13.7. The van der Waals surface area contributed by atoms with Gasteiger partial charge in [-0.25, -0.2) is 0 Å². The van der Waals surface area contributed by atoms with Crippen molar-refractivity contribution in [2.24, 2.45) is 0 Å². The van der Waals surface area contributed by atoms with Crippen LogP contribution in [0.25, 0.3) is 0 Å². The molecule has 1 aliphatic rings. The smallest absolute Gasteiger partial charge is 0.305 e. The number of unbranched alkanes of at least 4 members (excludes halogenated alkanes) is 3. The topological polar surface area (TPSA) is 48.0 Å². The molecule has 0 aromatic rings. The maximum absolute atomic E-state index is 11.3. The fourth-order valence-corrected chi connectivity index (χ4v) is 2.73. The Morgan fingerprint density at radius 1 is 1.25 bits per heavy atom. The van der Waals surface area contributed by atoms with Crippen molar-refractivity contribution in [2.45, 2.75) is 65.4 Å². The molecule has 0 aromatic carbocycles. The predicted octanol–water partition coefficient (Wildman–Crippen LogP) is 3.53. The van der Waals surface area contributed by atoms with Crippen LogP contribution in [-0.2, 0) is 19.0 Å². The molecule has 1 heterocycles. The number of hydrogen-bond acceptors (Lipinski definition) is 5. The van der Waals surface area contributed by atoms with Gasteiger partial charge in [-0.15, -0.1) is 0 Å². The third-order valence-electron chi connectivity index (χ3n) is 4.10. The van der Waals surface area contributed by atoms with Gasteiger partial charge in [-0.05, 0) is 45.7 Å². The van der Waals surface area contributed by atoms with Gasteiger partial charge in [-0.2, -0.15) is 0 Å². The second-order valence-corrected chi connectivity index (χ2v) is 6.32. The molecule has 0 N–H and O–H groups in total. The van der Waals surface area contributed by atoms with Crippen molar-refractivity contribution >= 4 is 5.97 Å². The number of esters is 1. The largest absolute Gasteiger partial charge is 0.496 e. The molecule has 0 bridgehead atoms. The molecule has 140 valence electrons. The Morgan fingerprint density at radius 3 is 2.83 bits per heavy atom. The van der Waals surface area contributed by atoms with E-state index in [0.717, 1.165) is 64.1 Å². The molecule has 1 fully saturated rings. The number of carbonyl (C=O) groups is 1. The zero-order chi connectivity index (χ0) is 17.6. The van der Waals surface area contributed by atoms with Gasteiger partial charge < -0.3 is 14.2 Å². The second kappa shape index (κ2) is 13.2. The number of rotatable bonds is 12. The minimum Gasteiger partial charge on any atom is -0.496 e. The van der Waals surface area contributed by atoms with E-state index in [1.54, 1.807) is 0 Å². The van der Waals surface area contributed by atoms with E-state index in [-0.39, 0.29) is 12.1 Å². The van der Waals surface area contributed by atoms with Crippen molar-refractivity contribution < 1.29 is 19.0 Å². The lowest BCUT2D eigenvalue weighted by Gasteiger charge is -2.32. The Balaban J connectivity index is 2.11. The number of nitrogens with zero attached hydrogens (tertiary/aromatic N) is 1. The lowest BCUT2D eigenvalue weighted by atomic mass is 10.1. The van der Waals surface area contributed by atoms with E-state index in [9.17, 15) is 4.79 Å². The summed E-state index contributed by atoms with van der Waals surface area (Å²) in [5.74, 6) is 0.920. The van der Waals surface area contributed by atoms with Gasteiger partial charge in [-0.1, -0.05) is 19.8 Å². The van der Waals surface area contributed by atoms with E-state index in [1.165, 1.54) is 0 Å². The van der Waals surface area contributed by atoms with Gasteiger partial charge in [0.1, 0.15) is 12.7 Å². The van der Waals surface area contributed by atoms with Crippen LogP contribution >= 0.6 is 0 Å². The first kappa shape index (κ1) is 21.0. The summed E-state index contributed by atoms with van der Waals surface area (Å²) in [7, 11) is 0. The molecule has 0 aromatic heterocycles. The van der Waals surface area contributed by atoms with Crippen molar-refractivity contribution in [3.05, 3.63) is 11.8 Å². The summed E-state index contributed by atoms with van der Waals surface area (Å²) in [5, 5.41) is 0. The van der Waals surface area contributed by atoms with Crippen molar-refractivity contribution in [3.63, 3.8) is 0 Å². The van der Waals surface area contributed by atoms with Gasteiger partial charge in [0.2, 0.25) is 0 Å². The monoisotopic (exact) mass is 341 g/mol. The quantitative estimate of drug-likeness (QED) is 0.309. The Morgan fingerprint density at radius 2 is 2.08 bits per heavy atom. The number of carbonyl (C=O) groups excluding carboxylic acids is 1. The van der Waals surface area contributed by atoms with Gasteiger partial charge >= 0.3 is 5.97 Å². The third-order valence-corrected chi connectivity index (χ3v) is 4.10. The molecule has 0 aliphatic carbocycles. The molecular weight excluding hydrogens is 306 g/mol. The zero-order valence-electron chi connectivity index (χ0n) is 15.7. The van der Waals surface area contributed by atoms with Gasteiger partial charge in [-0.3, -0.25) is 9.69 Å². The van der Waals surface area contributed by atoms with Crippen LogP contribution < -0.4 is 0 Å². The van der Waals surface area contributed by atoms with Crippen LogP contribution in [0.5, 0.6) is 0 Å². The molecule has 1 rings (SSSR count). The molecule has 1 atom stereocenters. The van der Waals surface area contributed by atoms with E-state index >= 15 is 0 Å². The Labute approximate surface area is 147 Å². The molecule has 5 heteroatoms. The summed E-state index contributed by atoms with van der Waals surface area (Å²) >= 11 is 0. The summed E-state index contributed by atoms with van der Waals surface area (Å²) in [6, 6.07) is 0. The average Bonchev–Trinajstić information content (AvgIpc) is 2.58. The Kier molecular flexibility index (Phi) is 11.6. The lowest BCUT2D eigenvalue weighted by molar-refractivity contribution is -0.143. The number of allylic oxidation sites excluding steroid dienone is 2. The van der Waals surface area contributed by atoms with E-state index in [4.69, 9.17) is 14.2 Å². The zero-order valence-corrected chi connectivity index (χ0v) is 15.7. The second-order valence-electron chi connectivity index (χ2n) is 6.32. The predicted molar refractivity (Wildman–Crippen MR) is 95.9 cm³/mol. The van der Waals surface area contributed by atoms with Crippen molar-refractivity contribution in [2.75, 3.05) is 39.5 Å². The summed E-state index contributed by atoms with van der Waals surface area (Å²) in [6.45, 7) is 10.9. The SMILES string of the molecule is CCC/C=C(/C)OCC1CN(CCCCCC(=O)OCC)CCO1. The fourth-order valence-electron chi connectivity index (χ4n) is 2.73. The highest BCUT2D eigenvalue weighted by atomic mass is 16.5. The van der Waals surface area contributed by atoms with Crippen molar-refractivity contribution in [1.82, 2.24) is 4.90 Å². The molecule has 0 amide bonds. The first-order valence-electron chi connectivity index (χ1n) is 9.44. The summed E-state index contributed by atoms with van der Waals surface area (Å²) in [5.41, 5.74) is 0. The highest BCUT2D eigenvalue weighted by molar-refractivity contribution is 5.69. The molecule has 0 radical (unpaired) electrons. The van der Waals surface area contributed by atoms with Crippen molar-refractivity contribution in [1.29, 1.82) is 0 Å². The molecule has 1 aliphatic heterocycles. The summed E-state index contributed by atoms with van der Waals surface area (Å²) < 4.78 is 16.5. The van der Waals surface area contributed by atoms with Crippen molar-refractivity contribution in [3.8, 4) is 0 Å². The normalized spacial score (nSPS) is 19.3. The van der Waals surface area contributed by atoms with Gasteiger partial charge in [0.15, 0.2) is 0 Å². The Bertz CT molecular complexity index is 370. The number of hydrogen-bond donors (Lipinski definition) is 0. The molecule has 24 heavy (non-hydrogen) atoms. The van der Waals surface area contributed by atoms with Crippen LogP contribution in [0.1, 0.15) is 59.3 Å². The van der Waals surface area contributed by atoms with Gasteiger partial charge in [0, 0.05) is 19.5 Å². The molecule has 5 nitrogen and oxygen atoms in total. The van der Waals surface area contributed by atoms with Crippen LogP contribution in [0.4, 0.5) is 0 Å². The van der Waals surface area contributed by atoms with Gasteiger partial charge in [0.05, 0.1) is 19.0 Å². The Hall–Kier alpha value is -1.07. The minimum atomic E-state index is -0.0763. The maximum atomic E-state index is 11.3. The molecule has 1 saturated heterocycles. The molecule has 1 unspecified atom stereocenters. The van der Waals surface area contributed by atoms with Gasteiger partial charge in [0.25, 0.3) is 0 Å². The first-order valence-corrected chi connectivity index (χ1v) is 9.44. The van der Waals surface area contributed by atoms with E-state index in [0.29, 0.717) is 19.6 Å². The van der Waals surface area contributed by atoms with Crippen LogP contribution in [-0.4, -0.2) is 56.4 Å². The fraction of sp³-hybridized carbons (Fsp3) is 0.842.